The largest absolute Gasteiger partial charge is 0.465 e. The number of nitrogens with zero attached hydrogens (tertiary/aromatic N) is 2. The number of amides is 1. The second-order valence-electron chi connectivity index (χ2n) is 4.05. The Morgan fingerprint density at radius 3 is 3.06 bits per heavy atom. The van der Waals surface area contributed by atoms with Gasteiger partial charge in [0, 0.05) is 17.8 Å². The molecular formula is C12H13N3O3. The number of nitriles is 1. The van der Waals surface area contributed by atoms with Crippen molar-refractivity contribution in [2.45, 2.75) is 6.10 Å². The van der Waals surface area contributed by atoms with Gasteiger partial charge < -0.3 is 20.5 Å². The molecule has 18 heavy (non-hydrogen) atoms. The Bertz CT molecular complexity index is 510. The lowest BCUT2D eigenvalue weighted by molar-refractivity contribution is -0.0233. The number of ether oxygens (including phenoxy) is 1. The first-order valence-electron chi connectivity index (χ1n) is 5.51. The van der Waals surface area contributed by atoms with E-state index in [4.69, 9.17) is 20.8 Å². The maximum Gasteiger partial charge on any atom is 0.407 e. The summed E-state index contributed by atoms with van der Waals surface area (Å²) < 4.78 is 5.53. The first kappa shape index (κ1) is 12.2. The van der Waals surface area contributed by atoms with Crippen LogP contribution >= 0.6 is 0 Å². The Morgan fingerprint density at radius 2 is 2.39 bits per heavy atom. The highest BCUT2D eigenvalue weighted by Gasteiger charge is 2.26. The van der Waals surface area contributed by atoms with Crippen molar-refractivity contribution in [3.05, 3.63) is 29.3 Å². The summed E-state index contributed by atoms with van der Waals surface area (Å²) in [4.78, 5) is 12.2. The molecule has 1 unspecified atom stereocenters. The van der Waals surface area contributed by atoms with Crippen molar-refractivity contribution < 1.29 is 14.6 Å². The zero-order valence-corrected chi connectivity index (χ0v) is 9.67. The van der Waals surface area contributed by atoms with Crippen LogP contribution in [0.5, 0.6) is 0 Å². The maximum atomic E-state index is 10.9. The van der Waals surface area contributed by atoms with Gasteiger partial charge in [-0.1, -0.05) is 6.07 Å². The fraction of sp³-hybridized carbons (Fsp3) is 0.333. The number of nitrogens with two attached hydrogens (primary N) is 1. The highest BCUT2D eigenvalue weighted by atomic mass is 16.5. The molecule has 1 saturated heterocycles. The van der Waals surface area contributed by atoms with Gasteiger partial charge in [0.05, 0.1) is 24.8 Å². The number of hydrogen-bond donors (Lipinski definition) is 2. The predicted molar refractivity (Wildman–Crippen MR) is 63.9 cm³/mol. The number of carbonyl (C=O) groups is 1. The summed E-state index contributed by atoms with van der Waals surface area (Å²) in [5.41, 5.74) is 7.21. The van der Waals surface area contributed by atoms with Gasteiger partial charge in [-0.2, -0.15) is 5.26 Å². The van der Waals surface area contributed by atoms with Crippen molar-refractivity contribution >= 4 is 11.8 Å². The van der Waals surface area contributed by atoms with Crippen LogP contribution in [0.4, 0.5) is 10.5 Å². The first-order valence-corrected chi connectivity index (χ1v) is 5.51. The third-order valence-corrected chi connectivity index (χ3v) is 2.88. The molecule has 0 spiro atoms. The molecule has 1 aliphatic heterocycles. The van der Waals surface area contributed by atoms with Crippen molar-refractivity contribution in [2.24, 2.45) is 0 Å². The zero-order valence-electron chi connectivity index (χ0n) is 9.67. The summed E-state index contributed by atoms with van der Waals surface area (Å²) in [7, 11) is 0. The van der Waals surface area contributed by atoms with Crippen molar-refractivity contribution in [3.8, 4) is 6.07 Å². The Morgan fingerprint density at radius 1 is 1.61 bits per heavy atom. The number of nitrogen functional groups attached to an aromatic ring is 1. The molecule has 1 aromatic rings. The lowest BCUT2D eigenvalue weighted by atomic mass is 10.0. The van der Waals surface area contributed by atoms with Gasteiger partial charge in [-0.15, -0.1) is 0 Å². The van der Waals surface area contributed by atoms with E-state index in [1.165, 1.54) is 4.90 Å². The molecule has 2 rings (SSSR count). The third-order valence-electron chi connectivity index (χ3n) is 2.88. The van der Waals surface area contributed by atoms with Crippen molar-refractivity contribution in [1.82, 2.24) is 4.90 Å². The lowest BCUT2D eigenvalue weighted by Gasteiger charge is -2.31. The summed E-state index contributed by atoms with van der Waals surface area (Å²) in [6.45, 7) is 0.906. The Labute approximate surface area is 104 Å². The number of rotatable bonds is 1. The van der Waals surface area contributed by atoms with Crippen LogP contribution in [0.1, 0.15) is 17.2 Å². The molecule has 6 nitrogen and oxygen atoms in total. The van der Waals surface area contributed by atoms with Gasteiger partial charge in [0.1, 0.15) is 6.10 Å². The zero-order chi connectivity index (χ0) is 13.1. The summed E-state index contributed by atoms with van der Waals surface area (Å²) in [6, 6.07) is 7.01. The van der Waals surface area contributed by atoms with Crippen LogP contribution in [0, 0.1) is 11.3 Å². The molecule has 1 aromatic carbocycles. The van der Waals surface area contributed by atoms with E-state index in [0.29, 0.717) is 30.0 Å². The minimum absolute atomic E-state index is 0.230. The molecule has 94 valence electrons. The topological polar surface area (TPSA) is 99.6 Å². The van der Waals surface area contributed by atoms with Gasteiger partial charge >= 0.3 is 6.09 Å². The maximum absolute atomic E-state index is 10.9. The fourth-order valence-corrected chi connectivity index (χ4v) is 1.96. The standard InChI is InChI=1S/C12H13N3O3/c13-6-8-5-9(14)1-2-10(8)11-7-15(12(16)17)3-4-18-11/h1-2,5,11H,3-4,7,14H2,(H,16,17). The number of morpholine rings is 1. The minimum atomic E-state index is -0.975. The molecule has 3 N–H and O–H groups in total. The SMILES string of the molecule is N#Cc1cc(N)ccc1C1CN(C(=O)O)CCO1. The van der Waals surface area contributed by atoms with Crippen LogP contribution in [-0.4, -0.2) is 35.8 Å². The third kappa shape index (κ3) is 2.36. The smallest absolute Gasteiger partial charge is 0.407 e. The normalized spacial score (nSPS) is 19.3. The second kappa shape index (κ2) is 4.94. The van der Waals surface area contributed by atoms with Gasteiger partial charge in [-0.05, 0) is 12.1 Å². The lowest BCUT2D eigenvalue weighted by Crippen LogP contribution is -2.41. The minimum Gasteiger partial charge on any atom is -0.465 e. The van der Waals surface area contributed by atoms with Gasteiger partial charge in [0.25, 0.3) is 0 Å². The molecule has 0 radical (unpaired) electrons. The van der Waals surface area contributed by atoms with Crippen molar-refractivity contribution in [3.63, 3.8) is 0 Å². The van der Waals surface area contributed by atoms with Crippen molar-refractivity contribution in [1.29, 1.82) is 5.26 Å². The Balaban J connectivity index is 2.26. The van der Waals surface area contributed by atoms with Gasteiger partial charge in [-0.25, -0.2) is 4.79 Å². The molecule has 6 heteroatoms. The van der Waals surface area contributed by atoms with Gasteiger partial charge in [0.15, 0.2) is 0 Å². The molecule has 1 amide bonds. The summed E-state index contributed by atoms with van der Waals surface area (Å²) in [5.74, 6) is 0. The number of benzene rings is 1. The van der Waals surface area contributed by atoms with Crippen LogP contribution in [0.15, 0.2) is 18.2 Å². The monoisotopic (exact) mass is 247 g/mol. The van der Waals surface area contributed by atoms with E-state index in [1.54, 1.807) is 18.2 Å². The van der Waals surface area contributed by atoms with Crippen LogP contribution < -0.4 is 5.73 Å². The first-order chi connectivity index (χ1) is 8.61. The molecule has 1 fully saturated rings. The van der Waals surface area contributed by atoms with E-state index in [2.05, 4.69) is 6.07 Å². The molecule has 0 bridgehead atoms. The molecule has 1 aliphatic rings. The average molecular weight is 247 g/mol. The number of anilines is 1. The summed E-state index contributed by atoms with van der Waals surface area (Å²) in [5, 5.41) is 18.0. The van der Waals surface area contributed by atoms with E-state index in [9.17, 15) is 4.79 Å². The van der Waals surface area contributed by atoms with E-state index < -0.39 is 12.2 Å². The molecule has 0 aromatic heterocycles. The van der Waals surface area contributed by atoms with Crippen LogP contribution in [-0.2, 0) is 4.74 Å². The van der Waals surface area contributed by atoms with Crippen LogP contribution in [0.25, 0.3) is 0 Å². The molecular weight excluding hydrogens is 234 g/mol. The molecule has 0 aliphatic carbocycles. The van der Waals surface area contributed by atoms with Crippen molar-refractivity contribution in [2.75, 3.05) is 25.4 Å². The van der Waals surface area contributed by atoms with E-state index in [-0.39, 0.29) is 6.54 Å². The number of carboxylic acid groups (broad SMARTS) is 1. The Kier molecular flexibility index (Phi) is 3.35. The van der Waals surface area contributed by atoms with Gasteiger partial charge in [-0.3, -0.25) is 0 Å². The predicted octanol–water partition coefficient (Wildman–Crippen LogP) is 1.19. The second-order valence-corrected chi connectivity index (χ2v) is 4.05. The molecule has 1 atom stereocenters. The molecule has 1 heterocycles. The molecule has 0 saturated carbocycles. The number of hydrogen-bond acceptors (Lipinski definition) is 4. The van der Waals surface area contributed by atoms with Crippen LogP contribution in [0.3, 0.4) is 0 Å². The quantitative estimate of drug-likeness (QED) is 0.726. The Hall–Kier alpha value is -2.26. The highest BCUT2D eigenvalue weighted by Crippen LogP contribution is 2.26. The van der Waals surface area contributed by atoms with Crippen LogP contribution in [0.2, 0.25) is 0 Å². The van der Waals surface area contributed by atoms with E-state index in [1.807, 2.05) is 0 Å². The van der Waals surface area contributed by atoms with Gasteiger partial charge in [0.2, 0.25) is 0 Å². The van der Waals surface area contributed by atoms with E-state index in [0.717, 1.165) is 0 Å². The van der Waals surface area contributed by atoms with E-state index >= 15 is 0 Å². The summed E-state index contributed by atoms with van der Waals surface area (Å²) in [6.07, 6.45) is -1.39. The average Bonchev–Trinajstić information content (AvgIpc) is 2.38. The summed E-state index contributed by atoms with van der Waals surface area (Å²) >= 11 is 0. The fourth-order valence-electron chi connectivity index (χ4n) is 1.96. The highest BCUT2D eigenvalue weighted by molar-refractivity contribution is 5.65.